The van der Waals surface area contributed by atoms with Crippen LogP contribution in [-0.4, -0.2) is 17.1 Å². The van der Waals surface area contributed by atoms with Gasteiger partial charge in [-0.1, -0.05) is 12.1 Å². The van der Waals surface area contributed by atoms with Gasteiger partial charge in [-0.05, 0) is 48.4 Å². The molecule has 6 heteroatoms. The van der Waals surface area contributed by atoms with Gasteiger partial charge in [0.1, 0.15) is 6.04 Å². The number of carbonyl (C=O) groups is 1. The van der Waals surface area contributed by atoms with Crippen LogP contribution < -0.4 is 11.5 Å². The van der Waals surface area contributed by atoms with Crippen LogP contribution in [0.1, 0.15) is 5.56 Å². The van der Waals surface area contributed by atoms with E-state index in [1.807, 2.05) is 0 Å². The van der Waals surface area contributed by atoms with Crippen molar-refractivity contribution in [3.05, 3.63) is 54.1 Å². The zero-order valence-electron chi connectivity index (χ0n) is 11.3. The van der Waals surface area contributed by atoms with Crippen LogP contribution in [-0.2, 0) is 11.2 Å². The van der Waals surface area contributed by atoms with E-state index in [4.69, 9.17) is 16.6 Å². The zero-order chi connectivity index (χ0) is 15.2. The van der Waals surface area contributed by atoms with Crippen molar-refractivity contribution in [1.82, 2.24) is 0 Å². The van der Waals surface area contributed by atoms with Crippen LogP contribution in [0, 0.1) is 0 Å². The molecule has 0 fully saturated rings. The molecule has 2 rings (SSSR count). The van der Waals surface area contributed by atoms with Gasteiger partial charge in [0.2, 0.25) is 0 Å². The highest BCUT2D eigenvalue weighted by Crippen LogP contribution is 2.20. The fraction of sp³-hybridized carbons (Fsp3) is 0.133. The number of nitrogens with two attached hydrogens (primary N) is 2. The Labute approximate surface area is 122 Å². The largest absolute Gasteiger partial charge is 0.480 e. The second-order valence-corrected chi connectivity index (χ2v) is 4.61. The van der Waals surface area contributed by atoms with Gasteiger partial charge in [-0.3, -0.25) is 4.79 Å². The minimum Gasteiger partial charge on any atom is -0.480 e. The molecular weight excluding hydrogens is 268 g/mol. The molecule has 21 heavy (non-hydrogen) atoms. The summed E-state index contributed by atoms with van der Waals surface area (Å²) in [6, 6.07) is 13.3. The first-order valence-electron chi connectivity index (χ1n) is 6.39. The van der Waals surface area contributed by atoms with Crippen molar-refractivity contribution in [1.29, 1.82) is 0 Å². The van der Waals surface area contributed by atoms with E-state index in [9.17, 15) is 4.79 Å². The van der Waals surface area contributed by atoms with E-state index in [-0.39, 0.29) is 6.42 Å². The average molecular weight is 284 g/mol. The molecule has 0 spiro atoms. The first-order valence-corrected chi connectivity index (χ1v) is 6.39. The molecule has 0 saturated carbocycles. The molecule has 108 valence electrons. The van der Waals surface area contributed by atoms with Gasteiger partial charge in [0.15, 0.2) is 0 Å². The number of hydrogen-bond acceptors (Lipinski definition) is 5. The molecular formula is C15H16N4O2. The second kappa shape index (κ2) is 6.62. The van der Waals surface area contributed by atoms with E-state index in [0.29, 0.717) is 17.1 Å². The lowest BCUT2D eigenvalue weighted by Crippen LogP contribution is -2.32. The summed E-state index contributed by atoms with van der Waals surface area (Å²) < 4.78 is 0. The minimum atomic E-state index is -1.01. The van der Waals surface area contributed by atoms with Gasteiger partial charge >= 0.3 is 5.97 Å². The number of hydrogen-bond donors (Lipinski definition) is 3. The van der Waals surface area contributed by atoms with Crippen molar-refractivity contribution in [2.45, 2.75) is 12.5 Å². The standard InChI is InChI=1S/C15H16N4O2/c16-11-3-7-13(8-4-11)19-18-12-5-1-10(2-6-12)9-14(17)15(20)21/h1-8,14H,9,16-17H2,(H,20,21)/t14-/m0/s1. The Kier molecular flexibility index (Phi) is 4.63. The predicted octanol–water partition coefficient (Wildman–Crippen LogP) is 2.64. The molecule has 0 saturated heterocycles. The molecule has 5 N–H and O–H groups in total. The quantitative estimate of drug-likeness (QED) is 0.578. The van der Waals surface area contributed by atoms with E-state index in [2.05, 4.69) is 10.2 Å². The van der Waals surface area contributed by atoms with Gasteiger partial charge in [0.05, 0.1) is 11.4 Å². The maximum absolute atomic E-state index is 10.7. The SMILES string of the molecule is Nc1ccc(N=Nc2ccc(C[C@H](N)C(=O)O)cc2)cc1. The number of nitrogen functional groups attached to an aromatic ring is 1. The molecule has 0 aliphatic carbocycles. The van der Waals surface area contributed by atoms with Crippen molar-refractivity contribution in [2.24, 2.45) is 16.0 Å². The molecule has 0 radical (unpaired) electrons. The highest BCUT2D eigenvalue weighted by atomic mass is 16.4. The predicted molar refractivity (Wildman–Crippen MR) is 80.8 cm³/mol. The first kappa shape index (κ1) is 14.7. The third-order valence-electron chi connectivity index (χ3n) is 2.88. The molecule has 1 atom stereocenters. The van der Waals surface area contributed by atoms with Gasteiger partial charge in [0, 0.05) is 5.69 Å². The second-order valence-electron chi connectivity index (χ2n) is 4.61. The molecule has 0 bridgehead atoms. The van der Waals surface area contributed by atoms with Crippen molar-refractivity contribution >= 4 is 23.0 Å². The molecule has 2 aromatic carbocycles. The van der Waals surface area contributed by atoms with E-state index >= 15 is 0 Å². The van der Waals surface area contributed by atoms with Gasteiger partial charge in [-0.2, -0.15) is 10.2 Å². The smallest absolute Gasteiger partial charge is 0.320 e. The molecule has 0 aromatic heterocycles. The van der Waals surface area contributed by atoms with Gasteiger partial charge in [0.25, 0.3) is 0 Å². The number of benzene rings is 2. The highest BCUT2D eigenvalue weighted by Gasteiger charge is 2.11. The number of rotatable bonds is 5. The first-order chi connectivity index (χ1) is 10.0. The van der Waals surface area contributed by atoms with E-state index in [1.165, 1.54) is 0 Å². The zero-order valence-corrected chi connectivity index (χ0v) is 11.3. The Morgan fingerprint density at radius 2 is 1.48 bits per heavy atom. The fourth-order valence-electron chi connectivity index (χ4n) is 1.70. The van der Waals surface area contributed by atoms with Gasteiger partial charge in [-0.25, -0.2) is 0 Å². The topological polar surface area (TPSA) is 114 Å². The van der Waals surface area contributed by atoms with Crippen LogP contribution in [0.15, 0.2) is 58.8 Å². The maximum atomic E-state index is 10.7. The van der Waals surface area contributed by atoms with Crippen molar-refractivity contribution in [3.63, 3.8) is 0 Å². The fourth-order valence-corrected chi connectivity index (χ4v) is 1.70. The van der Waals surface area contributed by atoms with Crippen LogP contribution in [0.3, 0.4) is 0 Å². The van der Waals surface area contributed by atoms with Crippen LogP contribution in [0.5, 0.6) is 0 Å². The van der Waals surface area contributed by atoms with Crippen molar-refractivity contribution in [3.8, 4) is 0 Å². The lowest BCUT2D eigenvalue weighted by Gasteiger charge is -2.05. The summed E-state index contributed by atoms with van der Waals surface area (Å²) in [6.45, 7) is 0. The van der Waals surface area contributed by atoms with Crippen LogP contribution in [0.4, 0.5) is 17.1 Å². The minimum absolute atomic E-state index is 0.282. The molecule has 0 aliphatic rings. The summed E-state index contributed by atoms with van der Waals surface area (Å²) in [7, 11) is 0. The molecule has 0 heterocycles. The number of anilines is 1. The van der Waals surface area contributed by atoms with Crippen molar-refractivity contribution in [2.75, 3.05) is 5.73 Å². The molecule has 2 aromatic rings. The number of carboxylic acids is 1. The maximum Gasteiger partial charge on any atom is 0.320 e. The Bertz CT molecular complexity index is 636. The summed E-state index contributed by atoms with van der Waals surface area (Å²) in [5, 5.41) is 16.9. The number of azo groups is 1. The lowest BCUT2D eigenvalue weighted by molar-refractivity contribution is -0.138. The van der Waals surface area contributed by atoms with Crippen molar-refractivity contribution < 1.29 is 9.90 Å². The van der Waals surface area contributed by atoms with E-state index in [1.54, 1.807) is 48.5 Å². The summed E-state index contributed by atoms with van der Waals surface area (Å²) in [5.74, 6) is -1.01. The van der Waals surface area contributed by atoms with Crippen LogP contribution in [0.25, 0.3) is 0 Å². The summed E-state index contributed by atoms with van der Waals surface area (Å²) >= 11 is 0. The Balaban J connectivity index is 2.02. The monoisotopic (exact) mass is 284 g/mol. The average Bonchev–Trinajstić information content (AvgIpc) is 2.48. The lowest BCUT2D eigenvalue weighted by atomic mass is 10.1. The molecule has 0 unspecified atom stereocenters. The Morgan fingerprint density at radius 3 is 1.95 bits per heavy atom. The number of carboxylic acid groups (broad SMARTS) is 1. The van der Waals surface area contributed by atoms with Crippen LogP contribution >= 0.6 is 0 Å². The highest BCUT2D eigenvalue weighted by molar-refractivity contribution is 5.73. The third kappa shape index (κ3) is 4.39. The summed E-state index contributed by atoms with van der Waals surface area (Å²) in [4.78, 5) is 10.7. The van der Waals surface area contributed by atoms with Gasteiger partial charge < -0.3 is 16.6 Å². The molecule has 6 nitrogen and oxygen atoms in total. The Hall–Kier alpha value is -2.73. The molecule has 0 amide bonds. The summed E-state index contributed by atoms with van der Waals surface area (Å²) in [6.07, 6.45) is 0.282. The number of nitrogens with zero attached hydrogens (tertiary/aromatic N) is 2. The molecule has 0 aliphatic heterocycles. The van der Waals surface area contributed by atoms with Gasteiger partial charge in [-0.15, -0.1) is 0 Å². The van der Waals surface area contributed by atoms with E-state index < -0.39 is 12.0 Å². The summed E-state index contributed by atoms with van der Waals surface area (Å²) in [5.41, 5.74) is 14.0. The third-order valence-corrected chi connectivity index (χ3v) is 2.88. The van der Waals surface area contributed by atoms with E-state index in [0.717, 1.165) is 5.56 Å². The normalized spacial score (nSPS) is 12.4. The number of aliphatic carboxylic acids is 1. The Morgan fingerprint density at radius 1 is 1.00 bits per heavy atom. The van der Waals surface area contributed by atoms with Crippen LogP contribution in [0.2, 0.25) is 0 Å².